The lowest BCUT2D eigenvalue weighted by atomic mass is 10.4. The van der Waals surface area contributed by atoms with Crippen molar-refractivity contribution in [3.63, 3.8) is 0 Å². The van der Waals surface area contributed by atoms with Gasteiger partial charge in [-0.05, 0) is 22.6 Å². The number of anilines is 1. The van der Waals surface area contributed by atoms with Gasteiger partial charge in [-0.2, -0.15) is 0 Å². The maximum Gasteiger partial charge on any atom is 0.267 e. The lowest BCUT2D eigenvalue weighted by molar-refractivity contribution is 0.711. The van der Waals surface area contributed by atoms with E-state index in [2.05, 4.69) is 19.9 Å². The Kier molecular flexibility index (Phi) is 3.49. The van der Waals surface area contributed by atoms with E-state index in [-0.39, 0.29) is 5.56 Å². The second-order valence-corrected chi connectivity index (χ2v) is 4.89. The molecule has 0 aliphatic heterocycles. The Labute approximate surface area is 109 Å². The van der Waals surface area contributed by atoms with E-state index in [9.17, 15) is 4.79 Å². The van der Waals surface area contributed by atoms with E-state index in [4.69, 9.17) is 0 Å². The van der Waals surface area contributed by atoms with Gasteiger partial charge in [-0.15, -0.1) is 5.10 Å². The first-order valence-electron chi connectivity index (χ1n) is 4.41. The van der Waals surface area contributed by atoms with Crippen molar-refractivity contribution >= 4 is 39.1 Å². The third kappa shape index (κ3) is 2.21. The van der Waals surface area contributed by atoms with Crippen molar-refractivity contribution < 1.29 is 0 Å². The van der Waals surface area contributed by atoms with Crippen molar-refractivity contribution in [2.24, 2.45) is 0 Å². The smallest absolute Gasteiger partial charge is 0.267 e. The lowest BCUT2D eigenvalue weighted by Crippen LogP contribution is -2.23. The van der Waals surface area contributed by atoms with Gasteiger partial charge in [0.15, 0.2) is 0 Å². The monoisotopic (exact) mass is 349 g/mol. The van der Waals surface area contributed by atoms with Crippen molar-refractivity contribution in [3.8, 4) is 0 Å². The minimum Gasteiger partial charge on any atom is -0.377 e. The van der Waals surface area contributed by atoms with Crippen LogP contribution in [-0.2, 0) is 6.54 Å². The molecule has 2 rings (SSSR count). The summed E-state index contributed by atoms with van der Waals surface area (Å²) in [4.78, 5) is 15.7. The summed E-state index contributed by atoms with van der Waals surface area (Å²) in [7, 11) is 1.80. The van der Waals surface area contributed by atoms with Crippen LogP contribution in [0.5, 0.6) is 0 Å². The van der Waals surface area contributed by atoms with E-state index in [1.54, 1.807) is 7.05 Å². The normalized spacial score (nSPS) is 10.4. The molecule has 0 radical (unpaired) electrons. The van der Waals surface area contributed by atoms with Crippen LogP contribution in [0.4, 0.5) is 5.00 Å². The maximum atomic E-state index is 11.7. The molecule has 0 aliphatic rings. The Morgan fingerprint density at radius 3 is 3.19 bits per heavy atom. The van der Waals surface area contributed by atoms with Gasteiger partial charge in [0.05, 0.1) is 16.4 Å². The van der Waals surface area contributed by atoms with Crippen LogP contribution in [0.15, 0.2) is 17.3 Å². The average molecular weight is 349 g/mol. The molecule has 0 amide bonds. The SMILES string of the molecule is CNc1snnc1Cn1cncc(I)c1=O. The standard InChI is InChI=1S/C8H8IN5OS/c1-10-7-6(12-13-16-7)3-14-4-11-2-5(9)8(14)15/h2,4,10H,3H2,1H3. The predicted octanol–water partition coefficient (Wildman–Crippen LogP) is 0.789. The first-order valence-corrected chi connectivity index (χ1v) is 6.26. The first-order chi connectivity index (χ1) is 7.72. The van der Waals surface area contributed by atoms with Crippen LogP contribution in [-0.4, -0.2) is 26.2 Å². The zero-order valence-electron chi connectivity index (χ0n) is 8.35. The minimum atomic E-state index is -0.0642. The molecule has 0 saturated heterocycles. The zero-order chi connectivity index (χ0) is 11.5. The summed E-state index contributed by atoms with van der Waals surface area (Å²) < 4.78 is 5.94. The van der Waals surface area contributed by atoms with Crippen LogP contribution in [0, 0.1) is 3.57 Å². The molecule has 0 aliphatic carbocycles. The highest BCUT2D eigenvalue weighted by molar-refractivity contribution is 14.1. The van der Waals surface area contributed by atoms with Crippen molar-refractivity contribution in [1.82, 2.24) is 19.1 Å². The molecule has 0 saturated carbocycles. The molecule has 2 aromatic rings. The van der Waals surface area contributed by atoms with Crippen LogP contribution < -0.4 is 10.9 Å². The molecule has 0 atom stereocenters. The molecule has 0 aromatic carbocycles. The minimum absolute atomic E-state index is 0.0642. The fourth-order valence-electron chi connectivity index (χ4n) is 1.20. The number of hydrogen-bond acceptors (Lipinski definition) is 6. The van der Waals surface area contributed by atoms with Crippen molar-refractivity contribution in [2.45, 2.75) is 6.54 Å². The van der Waals surface area contributed by atoms with Crippen molar-refractivity contribution in [3.05, 3.63) is 32.1 Å². The number of rotatable bonds is 3. The summed E-state index contributed by atoms with van der Waals surface area (Å²) in [6.45, 7) is 0.384. The molecule has 2 heterocycles. The Balaban J connectivity index is 2.34. The van der Waals surface area contributed by atoms with E-state index in [1.807, 2.05) is 22.6 Å². The van der Waals surface area contributed by atoms with E-state index >= 15 is 0 Å². The van der Waals surface area contributed by atoms with Crippen molar-refractivity contribution in [1.29, 1.82) is 0 Å². The van der Waals surface area contributed by atoms with Gasteiger partial charge in [-0.3, -0.25) is 9.36 Å². The highest BCUT2D eigenvalue weighted by Crippen LogP contribution is 2.16. The van der Waals surface area contributed by atoms with Gasteiger partial charge in [0.25, 0.3) is 5.56 Å². The van der Waals surface area contributed by atoms with E-state index < -0.39 is 0 Å². The van der Waals surface area contributed by atoms with Crippen LogP contribution in [0.1, 0.15) is 5.69 Å². The van der Waals surface area contributed by atoms with Gasteiger partial charge in [-0.25, -0.2) is 4.98 Å². The fourth-order valence-corrected chi connectivity index (χ4v) is 2.19. The van der Waals surface area contributed by atoms with Gasteiger partial charge in [0, 0.05) is 24.8 Å². The summed E-state index contributed by atoms with van der Waals surface area (Å²) in [6, 6.07) is 0. The van der Waals surface area contributed by atoms with Gasteiger partial charge in [0.2, 0.25) is 0 Å². The predicted molar refractivity (Wildman–Crippen MR) is 69.8 cm³/mol. The van der Waals surface area contributed by atoms with E-state index in [0.29, 0.717) is 10.1 Å². The number of halogens is 1. The number of hydrogen-bond donors (Lipinski definition) is 1. The molecule has 84 valence electrons. The Hall–Kier alpha value is -1.03. The number of nitrogens with zero attached hydrogens (tertiary/aromatic N) is 4. The average Bonchev–Trinajstić information content (AvgIpc) is 2.72. The molecule has 16 heavy (non-hydrogen) atoms. The molecule has 1 N–H and O–H groups in total. The highest BCUT2D eigenvalue weighted by atomic mass is 127. The van der Waals surface area contributed by atoms with Crippen LogP contribution >= 0.6 is 34.1 Å². The molecule has 0 spiro atoms. The third-order valence-corrected chi connectivity index (χ3v) is 3.49. The summed E-state index contributed by atoms with van der Waals surface area (Å²) >= 11 is 3.23. The Bertz CT molecular complexity index is 551. The molecule has 8 heteroatoms. The molecule has 0 unspecified atom stereocenters. The third-order valence-electron chi connectivity index (χ3n) is 1.96. The fraction of sp³-hybridized carbons (Fsp3) is 0.250. The molecular formula is C8H8IN5OS. The summed E-state index contributed by atoms with van der Waals surface area (Å²) in [5, 5.41) is 7.82. The number of nitrogens with one attached hydrogen (secondary N) is 1. The first kappa shape index (κ1) is 11.5. The van der Waals surface area contributed by atoms with Gasteiger partial charge in [0.1, 0.15) is 10.7 Å². The van der Waals surface area contributed by atoms with Gasteiger partial charge < -0.3 is 5.32 Å². The van der Waals surface area contributed by atoms with Crippen LogP contribution in [0.25, 0.3) is 0 Å². The van der Waals surface area contributed by atoms with Gasteiger partial charge >= 0.3 is 0 Å². The van der Waals surface area contributed by atoms with Crippen LogP contribution in [0.2, 0.25) is 0 Å². The second kappa shape index (κ2) is 4.87. The largest absolute Gasteiger partial charge is 0.377 e. The quantitative estimate of drug-likeness (QED) is 0.830. The van der Waals surface area contributed by atoms with E-state index in [1.165, 1.54) is 28.6 Å². The topological polar surface area (TPSA) is 72.7 Å². The maximum absolute atomic E-state index is 11.7. The zero-order valence-corrected chi connectivity index (χ0v) is 11.3. The summed E-state index contributed by atoms with van der Waals surface area (Å²) in [6.07, 6.45) is 3.04. The van der Waals surface area contributed by atoms with Crippen molar-refractivity contribution in [2.75, 3.05) is 12.4 Å². The second-order valence-electron chi connectivity index (χ2n) is 2.97. The molecular weight excluding hydrogens is 341 g/mol. The highest BCUT2D eigenvalue weighted by Gasteiger charge is 2.08. The molecule has 0 fully saturated rings. The Morgan fingerprint density at radius 2 is 2.44 bits per heavy atom. The molecule has 2 aromatic heterocycles. The van der Waals surface area contributed by atoms with Crippen LogP contribution in [0.3, 0.4) is 0 Å². The Morgan fingerprint density at radius 1 is 1.62 bits per heavy atom. The summed E-state index contributed by atoms with van der Waals surface area (Å²) in [5.41, 5.74) is 0.684. The lowest BCUT2D eigenvalue weighted by Gasteiger charge is -2.03. The number of aromatic nitrogens is 4. The molecule has 0 bridgehead atoms. The molecule has 6 nitrogen and oxygen atoms in total. The summed E-state index contributed by atoms with van der Waals surface area (Å²) in [5.74, 6) is 0. The van der Waals surface area contributed by atoms with Gasteiger partial charge in [-0.1, -0.05) is 4.49 Å². The van der Waals surface area contributed by atoms with E-state index in [0.717, 1.165) is 10.7 Å².